The molecule has 0 aliphatic carbocycles. The molecule has 168 valence electrons. The van der Waals surface area contributed by atoms with E-state index in [2.05, 4.69) is 12.2 Å². The van der Waals surface area contributed by atoms with Gasteiger partial charge in [0, 0.05) is 25.8 Å². The van der Waals surface area contributed by atoms with Crippen LogP contribution in [0.15, 0.2) is 0 Å². The Morgan fingerprint density at radius 1 is 0.929 bits per heavy atom. The van der Waals surface area contributed by atoms with Crippen molar-refractivity contribution in [2.24, 2.45) is 0 Å². The van der Waals surface area contributed by atoms with Gasteiger partial charge in [-0.3, -0.25) is 9.35 Å². The van der Waals surface area contributed by atoms with E-state index < -0.39 is 15.4 Å². The summed E-state index contributed by atoms with van der Waals surface area (Å²) in [7, 11) is 0.0915. The smallest absolute Gasteiger partial charge is 0.267 e. The van der Waals surface area contributed by atoms with Gasteiger partial charge in [0.05, 0.1) is 32.4 Å². The first-order chi connectivity index (χ1) is 13.1. The van der Waals surface area contributed by atoms with Gasteiger partial charge in [0.25, 0.3) is 10.1 Å². The molecular formula is C21H45N2O4S+. The van der Waals surface area contributed by atoms with Crippen LogP contribution in [-0.4, -0.2) is 62.3 Å². The van der Waals surface area contributed by atoms with Crippen molar-refractivity contribution in [3.05, 3.63) is 0 Å². The maximum Gasteiger partial charge on any atom is 0.267 e. The summed E-state index contributed by atoms with van der Waals surface area (Å²) in [4.78, 5) is 11.9. The fourth-order valence-electron chi connectivity index (χ4n) is 3.21. The van der Waals surface area contributed by atoms with Crippen molar-refractivity contribution in [3.8, 4) is 0 Å². The number of nitrogens with one attached hydrogen (secondary N) is 1. The lowest BCUT2D eigenvalue weighted by Crippen LogP contribution is -2.43. The second-order valence-corrected chi connectivity index (χ2v) is 10.6. The third kappa shape index (κ3) is 16.3. The maximum atomic E-state index is 11.9. The third-order valence-electron chi connectivity index (χ3n) is 5.42. The van der Waals surface area contributed by atoms with Crippen LogP contribution >= 0.6 is 0 Å². The van der Waals surface area contributed by atoms with Crippen LogP contribution in [0.4, 0.5) is 0 Å². The van der Waals surface area contributed by atoms with E-state index >= 15 is 0 Å². The lowest BCUT2D eigenvalue weighted by atomic mass is 10.1. The van der Waals surface area contributed by atoms with Crippen molar-refractivity contribution in [1.29, 1.82) is 0 Å². The van der Waals surface area contributed by atoms with Gasteiger partial charge in [0.15, 0.2) is 0 Å². The predicted molar refractivity (Wildman–Crippen MR) is 117 cm³/mol. The summed E-state index contributed by atoms with van der Waals surface area (Å²) in [6.45, 7) is 5.99. The summed E-state index contributed by atoms with van der Waals surface area (Å²) in [6, 6.07) is 0. The lowest BCUT2D eigenvalue weighted by Gasteiger charge is -2.30. The van der Waals surface area contributed by atoms with E-state index in [0.717, 1.165) is 25.9 Å². The fraction of sp³-hybridized carbons (Fsp3) is 0.952. The molecule has 1 unspecified atom stereocenters. The van der Waals surface area contributed by atoms with Crippen molar-refractivity contribution in [2.75, 3.05) is 33.7 Å². The molecule has 1 amide bonds. The lowest BCUT2D eigenvalue weighted by molar-refractivity contribution is -0.890. The van der Waals surface area contributed by atoms with E-state index in [1.165, 1.54) is 58.3 Å². The number of quaternary nitrogens is 1. The third-order valence-corrected chi connectivity index (χ3v) is 6.67. The Bertz CT molecular complexity index is 507. The molecule has 0 saturated carbocycles. The molecule has 0 aromatic heterocycles. The summed E-state index contributed by atoms with van der Waals surface area (Å²) in [6.07, 6.45) is 13.2. The molecule has 28 heavy (non-hydrogen) atoms. The van der Waals surface area contributed by atoms with Gasteiger partial charge in [0.2, 0.25) is 5.91 Å². The van der Waals surface area contributed by atoms with E-state index in [1.807, 2.05) is 14.1 Å². The Labute approximate surface area is 173 Å². The molecule has 7 heteroatoms. The minimum Gasteiger partial charge on any atom is -0.356 e. The molecule has 0 fully saturated rings. The van der Waals surface area contributed by atoms with E-state index in [1.54, 1.807) is 0 Å². The van der Waals surface area contributed by atoms with Gasteiger partial charge in [-0.05, 0) is 13.3 Å². The molecule has 2 N–H and O–H groups in total. The topological polar surface area (TPSA) is 83.5 Å². The van der Waals surface area contributed by atoms with Crippen LogP contribution in [0.2, 0.25) is 0 Å². The summed E-state index contributed by atoms with van der Waals surface area (Å²) in [5.41, 5.74) is 0. The molecule has 1 atom stereocenters. The van der Waals surface area contributed by atoms with Crippen LogP contribution in [0.3, 0.4) is 0 Å². The molecule has 0 aliphatic rings. The van der Waals surface area contributed by atoms with E-state index in [-0.39, 0.29) is 5.91 Å². The number of nitrogens with zero attached hydrogens (tertiary/aromatic N) is 1. The minimum atomic E-state index is -3.96. The number of rotatable bonds is 18. The van der Waals surface area contributed by atoms with Crippen LogP contribution < -0.4 is 5.32 Å². The summed E-state index contributed by atoms with van der Waals surface area (Å²) in [5, 5.41) is 2.25. The first kappa shape index (κ1) is 27.3. The Hall–Kier alpha value is -0.660. The van der Waals surface area contributed by atoms with Gasteiger partial charge < -0.3 is 9.80 Å². The minimum absolute atomic E-state index is 0.103. The number of carbonyl (C=O) groups excluding carboxylic acids is 1. The highest BCUT2D eigenvalue weighted by Gasteiger charge is 2.22. The molecule has 0 aromatic carbocycles. The normalized spacial score (nSPS) is 13.5. The molecule has 0 rings (SSSR count). The highest BCUT2D eigenvalue weighted by Crippen LogP contribution is 2.10. The zero-order valence-corrected chi connectivity index (χ0v) is 19.5. The maximum absolute atomic E-state index is 11.9. The molecular weight excluding hydrogens is 376 g/mol. The van der Waals surface area contributed by atoms with Gasteiger partial charge in [-0.15, -0.1) is 0 Å². The number of hydrogen-bond donors (Lipinski definition) is 2. The van der Waals surface area contributed by atoms with Gasteiger partial charge in [-0.1, -0.05) is 58.3 Å². The number of unbranched alkanes of at least 4 members (excludes halogenated alkanes) is 8. The number of amides is 1. The van der Waals surface area contributed by atoms with Crippen LogP contribution in [0.25, 0.3) is 0 Å². The van der Waals surface area contributed by atoms with E-state index in [0.29, 0.717) is 23.9 Å². The predicted octanol–water partition coefficient (Wildman–Crippen LogP) is 4.16. The zero-order valence-electron chi connectivity index (χ0n) is 18.7. The highest BCUT2D eigenvalue weighted by atomic mass is 32.2. The average molecular weight is 422 g/mol. The van der Waals surface area contributed by atoms with Gasteiger partial charge in [-0.2, -0.15) is 8.42 Å². The van der Waals surface area contributed by atoms with Crippen molar-refractivity contribution < 1.29 is 22.2 Å². The Kier molecular flexibility index (Phi) is 14.9. The number of hydrogen-bond acceptors (Lipinski definition) is 3. The first-order valence-electron chi connectivity index (χ1n) is 11.1. The van der Waals surface area contributed by atoms with Gasteiger partial charge in [0.1, 0.15) is 0 Å². The SMILES string of the molecule is CCCCCCCCCCCNC(=O)CCC[N+](C)(C)CCC(C)S(=O)(=O)O. The highest BCUT2D eigenvalue weighted by molar-refractivity contribution is 7.86. The largest absolute Gasteiger partial charge is 0.356 e. The standard InChI is InChI=1S/C21H44N2O4S/c1-5-6-7-8-9-10-11-12-13-17-22-21(24)15-14-18-23(3,4)19-16-20(2)28(25,26)27/h20H,5-19H2,1-4H3,(H-,22,24,25,26,27)/p+1. The van der Waals surface area contributed by atoms with Gasteiger partial charge in [-0.25, -0.2) is 0 Å². The average Bonchev–Trinajstić information content (AvgIpc) is 2.60. The van der Waals surface area contributed by atoms with Crippen molar-refractivity contribution >= 4 is 16.0 Å². The summed E-state index contributed by atoms with van der Waals surface area (Å²) in [5.74, 6) is 0.103. The second kappa shape index (κ2) is 15.2. The van der Waals surface area contributed by atoms with Crippen LogP contribution in [0.5, 0.6) is 0 Å². The molecule has 0 saturated heterocycles. The first-order valence-corrected chi connectivity index (χ1v) is 12.6. The molecule has 6 nitrogen and oxygen atoms in total. The monoisotopic (exact) mass is 421 g/mol. The zero-order chi connectivity index (χ0) is 21.5. The van der Waals surface area contributed by atoms with Crippen molar-refractivity contribution in [3.63, 3.8) is 0 Å². The quantitative estimate of drug-likeness (QED) is 0.198. The fourth-order valence-corrected chi connectivity index (χ4v) is 3.61. The molecule has 0 heterocycles. The van der Waals surface area contributed by atoms with E-state index in [4.69, 9.17) is 4.55 Å². The van der Waals surface area contributed by atoms with Crippen molar-refractivity contribution in [1.82, 2.24) is 5.32 Å². The molecule has 0 spiro atoms. The Morgan fingerprint density at radius 3 is 2.00 bits per heavy atom. The Balaban J connectivity index is 3.65. The molecule has 0 bridgehead atoms. The van der Waals surface area contributed by atoms with Crippen LogP contribution in [-0.2, 0) is 14.9 Å². The molecule has 0 aromatic rings. The van der Waals surface area contributed by atoms with E-state index in [9.17, 15) is 13.2 Å². The number of carbonyl (C=O) groups is 1. The summed E-state index contributed by atoms with van der Waals surface area (Å²) < 4.78 is 31.9. The van der Waals surface area contributed by atoms with Crippen LogP contribution in [0.1, 0.15) is 90.9 Å². The molecule has 0 aliphatic heterocycles. The van der Waals surface area contributed by atoms with Crippen molar-refractivity contribution in [2.45, 2.75) is 96.1 Å². The summed E-state index contributed by atoms with van der Waals surface area (Å²) >= 11 is 0. The van der Waals surface area contributed by atoms with Crippen LogP contribution in [0, 0.1) is 0 Å². The second-order valence-electron chi connectivity index (χ2n) is 8.78. The molecule has 0 radical (unpaired) electrons. The van der Waals surface area contributed by atoms with Gasteiger partial charge >= 0.3 is 0 Å². The Morgan fingerprint density at radius 2 is 1.46 bits per heavy atom.